The number of benzene rings is 2. The van der Waals surface area contributed by atoms with Crippen LogP contribution in [0.15, 0.2) is 54.1 Å². The lowest BCUT2D eigenvalue weighted by atomic mass is 10.1. The molecule has 3 rings (SSSR count). The standard InChI is InChI=1S/C19H16N2O4/c1-12-3-9-15(10-4-12)21-18(23)16(17(22)20-21)11-13-5-7-14(8-6-13)19(24)25-2/h3-11H,1-2H3,(H,20,22)/b16-11-. The Morgan fingerprint density at radius 2 is 1.68 bits per heavy atom. The number of carbonyl (C=O) groups is 3. The summed E-state index contributed by atoms with van der Waals surface area (Å²) in [6.45, 7) is 1.94. The summed E-state index contributed by atoms with van der Waals surface area (Å²) in [6.07, 6.45) is 1.49. The molecule has 0 aliphatic carbocycles. The van der Waals surface area contributed by atoms with Gasteiger partial charge in [0.25, 0.3) is 11.8 Å². The first kappa shape index (κ1) is 16.4. The van der Waals surface area contributed by atoms with E-state index in [9.17, 15) is 14.4 Å². The molecule has 2 aromatic carbocycles. The largest absolute Gasteiger partial charge is 0.465 e. The minimum atomic E-state index is -0.470. The highest BCUT2D eigenvalue weighted by Crippen LogP contribution is 2.22. The Bertz CT molecular complexity index is 867. The molecular weight excluding hydrogens is 320 g/mol. The van der Waals surface area contributed by atoms with Crippen LogP contribution in [0.1, 0.15) is 21.5 Å². The van der Waals surface area contributed by atoms with Crippen LogP contribution in [0.2, 0.25) is 0 Å². The van der Waals surface area contributed by atoms with Gasteiger partial charge in [0.15, 0.2) is 0 Å². The van der Waals surface area contributed by atoms with E-state index in [-0.39, 0.29) is 5.57 Å². The van der Waals surface area contributed by atoms with Crippen molar-refractivity contribution >= 4 is 29.5 Å². The minimum absolute atomic E-state index is 0.0337. The molecule has 1 saturated heterocycles. The summed E-state index contributed by atoms with van der Waals surface area (Å²) >= 11 is 0. The van der Waals surface area contributed by atoms with Crippen molar-refractivity contribution in [2.75, 3.05) is 12.1 Å². The van der Waals surface area contributed by atoms with E-state index in [1.54, 1.807) is 36.4 Å². The predicted molar refractivity (Wildman–Crippen MR) is 92.6 cm³/mol. The molecule has 1 aliphatic rings. The average molecular weight is 336 g/mol. The highest BCUT2D eigenvalue weighted by atomic mass is 16.5. The molecule has 0 radical (unpaired) electrons. The first-order chi connectivity index (χ1) is 12.0. The number of nitrogens with one attached hydrogen (secondary N) is 1. The molecule has 0 aromatic heterocycles. The van der Waals surface area contributed by atoms with Crippen LogP contribution >= 0.6 is 0 Å². The maximum absolute atomic E-state index is 12.5. The van der Waals surface area contributed by atoms with Gasteiger partial charge in [-0.25, -0.2) is 9.80 Å². The van der Waals surface area contributed by atoms with Crippen molar-refractivity contribution in [1.82, 2.24) is 5.43 Å². The molecule has 0 bridgehead atoms. The van der Waals surface area contributed by atoms with Crippen LogP contribution in [0.4, 0.5) is 5.69 Å². The Balaban J connectivity index is 1.85. The summed E-state index contributed by atoms with van der Waals surface area (Å²) in [7, 11) is 1.30. The molecular formula is C19H16N2O4. The monoisotopic (exact) mass is 336 g/mol. The number of nitrogens with zero attached hydrogens (tertiary/aromatic N) is 1. The molecule has 126 valence electrons. The third-order valence-corrected chi connectivity index (χ3v) is 3.83. The van der Waals surface area contributed by atoms with Crippen LogP contribution in [0.25, 0.3) is 6.08 Å². The number of esters is 1. The van der Waals surface area contributed by atoms with Crippen molar-refractivity contribution in [1.29, 1.82) is 0 Å². The quantitative estimate of drug-likeness (QED) is 0.530. The average Bonchev–Trinajstić information content (AvgIpc) is 2.90. The Kier molecular flexibility index (Phi) is 4.35. The van der Waals surface area contributed by atoms with Gasteiger partial charge in [-0.3, -0.25) is 15.0 Å². The van der Waals surface area contributed by atoms with E-state index in [2.05, 4.69) is 10.2 Å². The summed E-state index contributed by atoms with van der Waals surface area (Å²) in [5.74, 6) is -1.34. The predicted octanol–water partition coefficient (Wildman–Crippen LogP) is 2.24. The number of rotatable bonds is 3. The van der Waals surface area contributed by atoms with E-state index >= 15 is 0 Å². The fourth-order valence-corrected chi connectivity index (χ4v) is 2.43. The van der Waals surface area contributed by atoms with Crippen molar-refractivity contribution in [2.24, 2.45) is 0 Å². The van der Waals surface area contributed by atoms with Gasteiger partial charge in [0, 0.05) is 0 Å². The van der Waals surface area contributed by atoms with Crippen LogP contribution in [0.5, 0.6) is 0 Å². The van der Waals surface area contributed by atoms with Crippen molar-refractivity contribution in [3.8, 4) is 0 Å². The zero-order valence-electron chi connectivity index (χ0n) is 13.8. The second-order valence-corrected chi connectivity index (χ2v) is 5.59. The second-order valence-electron chi connectivity index (χ2n) is 5.59. The number of ether oxygens (including phenoxy) is 1. The maximum atomic E-state index is 12.5. The fourth-order valence-electron chi connectivity index (χ4n) is 2.43. The van der Waals surface area contributed by atoms with Crippen LogP contribution in [0.3, 0.4) is 0 Å². The Hall–Kier alpha value is -3.41. The smallest absolute Gasteiger partial charge is 0.337 e. The number of hydrogen-bond acceptors (Lipinski definition) is 4. The molecule has 6 nitrogen and oxygen atoms in total. The van der Waals surface area contributed by atoms with E-state index in [1.165, 1.54) is 18.2 Å². The summed E-state index contributed by atoms with van der Waals surface area (Å²) in [5.41, 5.74) is 5.27. The topological polar surface area (TPSA) is 75.7 Å². The summed E-state index contributed by atoms with van der Waals surface area (Å²) in [5, 5.41) is 1.22. The Labute approximate surface area is 144 Å². The third-order valence-electron chi connectivity index (χ3n) is 3.83. The first-order valence-electron chi connectivity index (χ1n) is 7.62. The van der Waals surface area contributed by atoms with Crippen LogP contribution in [-0.4, -0.2) is 24.9 Å². The molecule has 1 fully saturated rings. The van der Waals surface area contributed by atoms with E-state index in [4.69, 9.17) is 0 Å². The van der Waals surface area contributed by atoms with Crippen molar-refractivity contribution in [3.63, 3.8) is 0 Å². The van der Waals surface area contributed by atoms with Gasteiger partial charge < -0.3 is 4.74 Å². The van der Waals surface area contributed by atoms with Crippen LogP contribution in [-0.2, 0) is 14.3 Å². The molecule has 6 heteroatoms. The number of amides is 2. The number of hydrazine groups is 1. The van der Waals surface area contributed by atoms with Crippen molar-refractivity contribution in [3.05, 3.63) is 70.8 Å². The normalized spacial score (nSPS) is 15.4. The lowest BCUT2D eigenvalue weighted by Crippen LogP contribution is -2.35. The van der Waals surface area contributed by atoms with E-state index in [0.717, 1.165) is 5.56 Å². The molecule has 1 aliphatic heterocycles. The molecule has 0 saturated carbocycles. The first-order valence-corrected chi connectivity index (χ1v) is 7.62. The molecule has 2 aromatic rings. The summed E-state index contributed by atoms with van der Waals surface area (Å²) < 4.78 is 4.64. The molecule has 1 heterocycles. The zero-order chi connectivity index (χ0) is 18.0. The Morgan fingerprint density at radius 1 is 1.04 bits per heavy atom. The van der Waals surface area contributed by atoms with Gasteiger partial charge >= 0.3 is 5.97 Å². The number of carbonyl (C=O) groups excluding carboxylic acids is 3. The minimum Gasteiger partial charge on any atom is -0.465 e. The number of anilines is 1. The molecule has 25 heavy (non-hydrogen) atoms. The second kappa shape index (κ2) is 6.60. The summed E-state index contributed by atoms with van der Waals surface area (Å²) in [4.78, 5) is 36.1. The molecule has 0 atom stereocenters. The number of aryl methyl sites for hydroxylation is 1. The number of hydrogen-bond donors (Lipinski definition) is 1. The highest BCUT2D eigenvalue weighted by molar-refractivity contribution is 6.31. The van der Waals surface area contributed by atoms with E-state index in [0.29, 0.717) is 16.8 Å². The van der Waals surface area contributed by atoms with Gasteiger partial charge in [-0.15, -0.1) is 0 Å². The van der Waals surface area contributed by atoms with Crippen molar-refractivity contribution in [2.45, 2.75) is 6.92 Å². The van der Waals surface area contributed by atoms with Crippen molar-refractivity contribution < 1.29 is 19.1 Å². The van der Waals surface area contributed by atoms with Crippen LogP contribution in [0, 0.1) is 6.92 Å². The van der Waals surface area contributed by atoms with Gasteiger partial charge in [-0.1, -0.05) is 29.8 Å². The number of methoxy groups -OCH3 is 1. The van der Waals surface area contributed by atoms with Gasteiger partial charge in [0.1, 0.15) is 5.57 Å². The molecule has 0 spiro atoms. The zero-order valence-corrected chi connectivity index (χ0v) is 13.8. The van der Waals surface area contributed by atoms with Gasteiger partial charge in [-0.05, 0) is 42.8 Å². The molecule has 0 unspecified atom stereocenters. The van der Waals surface area contributed by atoms with Gasteiger partial charge in [0.05, 0.1) is 18.4 Å². The SMILES string of the molecule is COC(=O)c1ccc(/C=C2/C(=O)NN(c3ccc(C)cc3)C2=O)cc1. The van der Waals surface area contributed by atoms with Gasteiger partial charge in [-0.2, -0.15) is 0 Å². The van der Waals surface area contributed by atoms with E-state index in [1.807, 2.05) is 19.1 Å². The van der Waals surface area contributed by atoms with E-state index < -0.39 is 17.8 Å². The Morgan fingerprint density at radius 3 is 2.28 bits per heavy atom. The molecule has 1 N–H and O–H groups in total. The van der Waals surface area contributed by atoms with Crippen LogP contribution < -0.4 is 10.4 Å². The maximum Gasteiger partial charge on any atom is 0.337 e. The third kappa shape index (κ3) is 3.28. The summed E-state index contributed by atoms with van der Waals surface area (Å²) in [6, 6.07) is 13.7. The lowest BCUT2D eigenvalue weighted by molar-refractivity contribution is -0.117. The lowest BCUT2D eigenvalue weighted by Gasteiger charge is -2.14. The molecule has 2 amide bonds. The fraction of sp³-hybridized carbons (Fsp3) is 0.105. The highest BCUT2D eigenvalue weighted by Gasteiger charge is 2.34. The van der Waals surface area contributed by atoms with Gasteiger partial charge in [0.2, 0.25) is 0 Å².